The highest BCUT2D eigenvalue weighted by molar-refractivity contribution is 5.83. The molecule has 2 atom stereocenters. The lowest BCUT2D eigenvalue weighted by atomic mass is 9.81. The van der Waals surface area contributed by atoms with E-state index in [0.29, 0.717) is 25.9 Å². The molecule has 0 aromatic rings. The highest BCUT2D eigenvalue weighted by atomic mass is 16.4. The van der Waals surface area contributed by atoms with Gasteiger partial charge in [-0.05, 0) is 31.1 Å². The lowest BCUT2D eigenvalue weighted by molar-refractivity contribution is -0.149. The number of nitrogens with zero attached hydrogens (tertiary/aromatic N) is 1. The van der Waals surface area contributed by atoms with Gasteiger partial charge in [-0.15, -0.1) is 0 Å². The van der Waals surface area contributed by atoms with E-state index in [1.54, 1.807) is 4.90 Å². The first-order chi connectivity index (χ1) is 8.82. The van der Waals surface area contributed by atoms with E-state index in [2.05, 4.69) is 13.8 Å². The van der Waals surface area contributed by atoms with Crippen molar-refractivity contribution in [3.63, 3.8) is 0 Å². The molecule has 4 heteroatoms. The van der Waals surface area contributed by atoms with Gasteiger partial charge in [0.2, 0.25) is 5.91 Å². The van der Waals surface area contributed by atoms with Crippen molar-refractivity contribution in [3.8, 4) is 0 Å². The Labute approximate surface area is 115 Å². The maximum atomic E-state index is 12.6. The smallest absolute Gasteiger partial charge is 0.311 e. The van der Waals surface area contributed by atoms with E-state index in [1.165, 1.54) is 0 Å². The monoisotopic (exact) mass is 267 g/mol. The molecule has 2 fully saturated rings. The average molecular weight is 267 g/mol. The second-order valence-electron chi connectivity index (χ2n) is 6.88. The summed E-state index contributed by atoms with van der Waals surface area (Å²) in [5, 5.41) is 9.39. The van der Waals surface area contributed by atoms with Gasteiger partial charge in [0.15, 0.2) is 0 Å². The summed E-state index contributed by atoms with van der Waals surface area (Å²) >= 11 is 0. The third-order valence-electron chi connectivity index (χ3n) is 5.35. The van der Waals surface area contributed by atoms with Crippen LogP contribution < -0.4 is 0 Å². The number of hydrogen-bond acceptors (Lipinski definition) is 2. The maximum Gasteiger partial charge on any atom is 0.311 e. The summed E-state index contributed by atoms with van der Waals surface area (Å²) in [6.45, 7) is 7.21. The van der Waals surface area contributed by atoms with Crippen LogP contribution in [0, 0.1) is 16.7 Å². The van der Waals surface area contributed by atoms with Gasteiger partial charge < -0.3 is 10.0 Å². The Bertz CT molecular complexity index is 391. The third-order valence-corrected chi connectivity index (χ3v) is 5.35. The van der Waals surface area contributed by atoms with E-state index in [-0.39, 0.29) is 17.2 Å². The summed E-state index contributed by atoms with van der Waals surface area (Å²) in [6.07, 6.45) is 4.34. The fourth-order valence-corrected chi connectivity index (χ4v) is 3.68. The van der Waals surface area contributed by atoms with Crippen LogP contribution in [0.25, 0.3) is 0 Å². The predicted molar refractivity (Wildman–Crippen MR) is 72.7 cm³/mol. The first kappa shape index (κ1) is 14.4. The van der Waals surface area contributed by atoms with Crippen molar-refractivity contribution in [2.75, 3.05) is 13.1 Å². The third kappa shape index (κ3) is 2.37. The van der Waals surface area contributed by atoms with Crippen molar-refractivity contribution in [2.45, 2.75) is 52.9 Å². The number of aliphatic carboxylic acids is 1. The fraction of sp³-hybridized carbons (Fsp3) is 0.867. The van der Waals surface area contributed by atoms with E-state index in [0.717, 1.165) is 19.3 Å². The molecule has 2 aliphatic rings. The van der Waals surface area contributed by atoms with Crippen LogP contribution in [0.1, 0.15) is 52.9 Å². The van der Waals surface area contributed by atoms with Gasteiger partial charge in [-0.25, -0.2) is 0 Å². The Kier molecular flexibility index (Phi) is 3.63. The Hall–Kier alpha value is -1.06. The average Bonchev–Trinajstić information content (AvgIpc) is 2.92. The minimum absolute atomic E-state index is 0.0672. The van der Waals surface area contributed by atoms with Crippen LogP contribution in [-0.2, 0) is 9.59 Å². The maximum absolute atomic E-state index is 12.6. The minimum Gasteiger partial charge on any atom is -0.481 e. The molecule has 108 valence electrons. The van der Waals surface area contributed by atoms with E-state index in [1.807, 2.05) is 6.92 Å². The highest BCUT2D eigenvalue weighted by Crippen LogP contribution is 2.45. The summed E-state index contributed by atoms with van der Waals surface area (Å²) in [4.78, 5) is 25.9. The topological polar surface area (TPSA) is 57.6 Å². The van der Waals surface area contributed by atoms with Gasteiger partial charge >= 0.3 is 5.97 Å². The zero-order valence-corrected chi connectivity index (χ0v) is 12.2. The van der Waals surface area contributed by atoms with Gasteiger partial charge in [0, 0.05) is 19.0 Å². The number of carbonyl (C=O) groups excluding carboxylic acids is 1. The van der Waals surface area contributed by atoms with Crippen molar-refractivity contribution in [1.82, 2.24) is 4.90 Å². The zero-order valence-electron chi connectivity index (χ0n) is 12.2. The van der Waals surface area contributed by atoms with Crippen molar-refractivity contribution >= 4 is 11.9 Å². The SMILES string of the molecule is CCC1(C(=O)O)CCN(C(=O)C2CCCC2(C)C)C1. The Balaban J connectivity index is 2.09. The molecule has 2 rings (SSSR count). The number of carbonyl (C=O) groups is 2. The van der Waals surface area contributed by atoms with Crippen LogP contribution in [0.15, 0.2) is 0 Å². The molecule has 1 aliphatic heterocycles. The molecule has 0 aromatic carbocycles. The van der Waals surface area contributed by atoms with Gasteiger partial charge in [0.1, 0.15) is 0 Å². The van der Waals surface area contributed by atoms with E-state index in [9.17, 15) is 14.7 Å². The van der Waals surface area contributed by atoms with Crippen molar-refractivity contribution in [2.24, 2.45) is 16.7 Å². The lowest BCUT2D eigenvalue weighted by Gasteiger charge is -2.31. The molecule has 0 spiro atoms. The Morgan fingerprint density at radius 1 is 1.32 bits per heavy atom. The van der Waals surface area contributed by atoms with Crippen molar-refractivity contribution in [3.05, 3.63) is 0 Å². The second kappa shape index (κ2) is 4.80. The Morgan fingerprint density at radius 3 is 2.42 bits per heavy atom. The number of hydrogen-bond donors (Lipinski definition) is 1. The van der Waals surface area contributed by atoms with Crippen LogP contribution >= 0.6 is 0 Å². The lowest BCUT2D eigenvalue weighted by Crippen LogP contribution is -2.41. The van der Waals surface area contributed by atoms with Crippen LogP contribution in [0.5, 0.6) is 0 Å². The largest absolute Gasteiger partial charge is 0.481 e. The summed E-state index contributed by atoms with van der Waals surface area (Å²) in [5.74, 6) is -0.496. The van der Waals surface area contributed by atoms with E-state index in [4.69, 9.17) is 0 Å². The predicted octanol–water partition coefficient (Wildman–Crippen LogP) is 2.53. The molecule has 0 radical (unpaired) electrons. The number of likely N-dealkylation sites (tertiary alicyclic amines) is 1. The van der Waals surface area contributed by atoms with Crippen LogP contribution in [0.4, 0.5) is 0 Å². The minimum atomic E-state index is -0.754. The summed E-state index contributed by atoms with van der Waals surface area (Å²) < 4.78 is 0. The van der Waals surface area contributed by atoms with E-state index < -0.39 is 11.4 Å². The van der Waals surface area contributed by atoms with Crippen LogP contribution in [0.3, 0.4) is 0 Å². The molecule has 1 aliphatic carbocycles. The van der Waals surface area contributed by atoms with Gasteiger partial charge in [-0.3, -0.25) is 9.59 Å². The summed E-state index contributed by atoms with van der Waals surface area (Å²) in [7, 11) is 0. The number of carboxylic acid groups (broad SMARTS) is 1. The van der Waals surface area contributed by atoms with Gasteiger partial charge in [-0.2, -0.15) is 0 Å². The van der Waals surface area contributed by atoms with Gasteiger partial charge in [0.25, 0.3) is 0 Å². The number of carboxylic acids is 1. The molecular formula is C15H25NO3. The number of amides is 1. The first-order valence-corrected chi connectivity index (χ1v) is 7.34. The molecule has 4 nitrogen and oxygen atoms in total. The molecule has 0 aromatic heterocycles. The molecule has 19 heavy (non-hydrogen) atoms. The second-order valence-corrected chi connectivity index (χ2v) is 6.88. The molecule has 1 saturated carbocycles. The molecule has 1 heterocycles. The van der Waals surface area contributed by atoms with Crippen LogP contribution in [0.2, 0.25) is 0 Å². The Morgan fingerprint density at radius 2 is 2.00 bits per heavy atom. The van der Waals surface area contributed by atoms with Crippen molar-refractivity contribution < 1.29 is 14.7 Å². The molecule has 1 N–H and O–H groups in total. The molecule has 1 amide bonds. The highest BCUT2D eigenvalue weighted by Gasteiger charge is 2.48. The van der Waals surface area contributed by atoms with Gasteiger partial charge in [0.05, 0.1) is 5.41 Å². The first-order valence-electron chi connectivity index (χ1n) is 7.34. The standard InChI is InChI=1S/C15H25NO3/c1-4-15(13(18)19)8-9-16(10-15)12(17)11-6-5-7-14(11,2)3/h11H,4-10H2,1-3H3,(H,18,19). The van der Waals surface area contributed by atoms with E-state index >= 15 is 0 Å². The van der Waals surface area contributed by atoms with Crippen molar-refractivity contribution in [1.29, 1.82) is 0 Å². The van der Waals surface area contributed by atoms with Gasteiger partial charge in [-0.1, -0.05) is 27.2 Å². The molecular weight excluding hydrogens is 242 g/mol. The molecule has 0 bridgehead atoms. The summed E-state index contributed by atoms with van der Waals surface area (Å²) in [5.41, 5.74) is -0.643. The number of rotatable bonds is 3. The summed E-state index contributed by atoms with van der Waals surface area (Å²) in [6, 6.07) is 0. The zero-order chi connectivity index (χ0) is 14.3. The normalized spacial score (nSPS) is 33.6. The quantitative estimate of drug-likeness (QED) is 0.855. The van der Waals surface area contributed by atoms with Crippen LogP contribution in [-0.4, -0.2) is 35.0 Å². The fourth-order valence-electron chi connectivity index (χ4n) is 3.68. The molecule has 2 unspecified atom stereocenters. The molecule has 1 saturated heterocycles.